The first kappa shape index (κ1) is 22.9. The molecule has 2 aromatic heterocycles. The number of hydrogen-bond donors (Lipinski definition) is 1. The molecule has 1 atom stereocenters. The first-order valence-corrected chi connectivity index (χ1v) is 12.4. The number of nitrogens with zero attached hydrogens (tertiary/aromatic N) is 3. The summed E-state index contributed by atoms with van der Waals surface area (Å²) in [6, 6.07) is 3.89. The maximum absolute atomic E-state index is 13.8. The third-order valence-electron chi connectivity index (χ3n) is 7.51. The Bertz CT molecular complexity index is 936. The van der Waals surface area contributed by atoms with E-state index >= 15 is 0 Å². The van der Waals surface area contributed by atoms with Gasteiger partial charge in [-0.05, 0) is 32.9 Å². The molecule has 1 N–H and O–H groups in total. The van der Waals surface area contributed by atoms with Crippen molar-refractivity contribution < 1.29 is 14.0 Å². The minimum absolute atomic E-state index is 0.0352. The Balaban J connectivity index is 1.62. The van der Waals surface area contributed by atoms with Crippen LogP contribution < -0.4 is 5.32 Å². The number of rotatable bonds is 7. The minimum Gasteiger partial charge on any atom is -0.463 e. The highest BCUT2D eigenvalue weighted by Crippen LogP contribution is 2.33. The highest BCUT2D eigenvalue weighted by atomic mass is 16.3. The quantitative estimate of drug-likeness (QED) is 0.703. The molecule has 1 saturated carbocycles. The van der Waals surface area contributed by atoms with Crippen LogP contribution in [0.3, 0.4) is 0 Å². The molecule has 2 amide bonds. The van der Waals surface area contributed by atoms with Crippen molar-refractivity contribution in [2.24, 2.45) is 0 Å². The standard InChI is InChI=1S/C25H38N4O3/c1-4-27(5-2)14-15-29-23(30)21-17-22-20(13-16-32-22)28(21)18-25(29,3)24(31)26-19-11-9-7-6-8-10-12-19/h13,16-17,19H,4-12,14-15,18H2,1-3H3,(H,26,31). The maximum atomic E-state index is 13.8. The summed E-state index contributed by atoms with van der Waals surface area (Å²) in [6.07, 6.45) is 9.77. The monoisotopic (exact) mass is 442 g/mol. The van der Waals surface area contributed by atoms with E-state index in [1.54, 1.807) is 11.2 Å². The maximum Gasteiger partial charge on any atom is 0.271 e. The molecule has 7 nitrogen and oxygen atoms in total. The molecule has 3 heterocycles. The van der Waals surface area contributed by atoms with Crippen molar-refractivity contribution in [2.75, 3.05) is 26.2 Å². The summed E-state index contributed by atoms with van der Waals surface area (Å²) in [5, 5.41) is 3.34. The third kappa shape index (κ3) is 4.32. The molecule has 0 bridgehead atoms. The van der Waals surface area contributed by atoms with Gasteiger partial charge in [0.1, 0.15) is 11.2 Å². The fourth-order valence-corrected chi connectivity index (χ4v) is 5.35. The van der Waals surface area contributed by atoms with E-state index in [0.717, 1.165) is 50.8 Å². The van der Waals surface area contributed by atoms with Crippen LogP contribution in [0.2, 0.25) is 0 Å². The van der Waals surface area contributed by atoms with Crippen LogP contribution in [0.25, 0.3) is 11.1 Å². The van der Waals surface area contributed by atoms with Crippen molar-refractivity contribution in [3.63, 3.8) is 0 Å². The summed E-state index contributed by atoms with van der Waals surface area (Å²) >= 11 is 0. The van der Waals surface area contributed by atoms with Crippen molar-refractivity contribution in [3.8, 4) is 0 Å². The normalized spacial score (nSPS) is 22.8. The molecular weight excluding hydrogens is 404 g/mol. The van der Waals surface area contributed by atoms with Crippen LogP contribution in [-0.4, -0.2) is 63.9 Å². The minimum atomic E-state index is -0.942. The summed E-state index contributed by atoms with van der Waals surface area (Å²) in [4.78, 5) is 31.5. The molecule has 2 aromatic rings. The fourth-order valence-electron chi connectivity index (χ4n) is 5.35. The Hall–Kier alpha value is -2.28. The smallest absolute Gasteiger partial charge is 0.271 e. The second kappa shape index (κ2) is 9.69. The van der Waals surface area contributed by atoms with E-state index in [1.807, 2.05) is 23.6 Å². The number of furan rings is 1. The van der Waals surface area contributed by atoms with E-state index in [4.69, 9.17) is 4.42 Å². The van der Waals surface area contributed by atoms with Crippen LogP contribution in [0, 0.1) is 0 Å². The summed E-state index contributed by atoms with van der Waals surface area (Å²) in [5.41, 5.74) is 1.24. The van der Waals surface area contributed by atoms with Gasteiger partial charge in [-0.2, -0.15) is 0 Å². The lowest BCUT2D eigenvalue weighted by Crippen LogP contribution is -2.65. The lowest BCUT2D eigenvalue weighted by Gasteiger charge is -2.45. The van der Waals surface area contributed by atoms with Crippen LogP contribution in [0.1, 0.15) is 76.2 Å². The molecule has 7 heteroatoms. The SMILES string of the molecule is CCN(CC)CCN1C(=O)c2cc3occc3n2CC1(C)C(=O)NC1CCCCCCC1. The molecule has 1 fully saturated rings. The number of nitrogens with one attached hydrogen (secondary N) is 1. The van der Waals surface area contributed by atoms with Crippen LogP contribution in [0.4, 0.5) is 0 Å². The van der Waals surface area contributed by atoms with Crippen molar-refractivity contribution in [1.29, 1.82) is 0 Å². The molecule has 0 radical (unpaired) electrons. The van der Waals surface area contributed by atoms with Gasteiger partial charge in [0, 0.05) is 31.3 Å². The van der Waals surface area contributed by atoms with Crippen LogP contribution in [0.15, 0.2) is 22.8 Å². The molecule has 0 spiro atoms. The molecule has 1 aliphatic carbocycles. The second-order valence-electron chi connectivity index (χ2n) is 9.56. The van der Waals surface area contributed by atoms with Gasteiger partial charge in [0.15, 0.2) is 5.58 Å². The van der Waals surface area contributed by atoms with Gasteiger partial charge in [0.25, 0.3) is 5.91 Å². The van der Waals surface area contributed by atoms with Gasteiger partial charge in [-0.15, -0.1) is 0 Å². The second-order valence-corrected chi connectivity index (χ2v) is 9.56. The number of fused-ring (bicyclic) bond motifs is 3. The van der Waals surface area contributed by atoms with Crippen molar-refractivity contribution >= 4 is 22.9 Å². The number of amides is 2. The summed E-state index contributed by atoms with van der Waals surface area (Å²) in [6.45, 7) is 9.75. The van der Waals surface area contributed by atoms with E-state index < -0.39 is 5.54 Å². The van der Waals surface area contributed by atoms with Gasteiger partial charge >= 0.3 is 0 Å². The lowest BCUT2D eigenvalue weighted by atomic mass is 9.92. The molecular formula is C25H38N4O3. The average Bonchev–Trinajstić information content (AvgIpc) is 3.35. The predicted molar refractivity (Wildman–Crippen MR) is 126 cm³/mol. The zero-order valence-corrected chi connectivity index (χ0v) is 19.9. The topological polar surface area (TPSA) is 70.7 Å². The van der Waals surface area contributed by atoms with Gasteiger partial charge in [0.05, 0.1) is 18.3 Å². The Labute approximate surface area is 191 Å². The van der Waals surface area contributed by atoms with E-state index in [2.05, 4.69) is 24.1 Å². The number of aromatic nitrogens is 1. The Morgan fingerprint density at radius 2 is 1.88 bits per heavy atom. The lowest BCUT2D eigenvalue weighted by molar-refractivity contribution is -0.133. The first-order valence-electron chi connectivity index (χ1n) is 12.4. The van der Waals surface area contributed by atoms with Crippen LogP contribution >= 0.6 is 0 Å². The summed E-state index contributed by atoms with van der Waals surface area (Å²) < 4.78 is 7.53. The number of likely N-dealkylation sites (N-methyl/N-ethyl adjacent to an activating group) is 1. The van der Waals surface area contributed by atoms with Gasteiger partial charge in [-0.1, -0.05) is 46.0 Å². The van der Waals surface area contributed by atoms with E-state index in [9.17, 15) is 9.59 Å². The Morgan fingerprint density at radius 3 is 2.56 bits per heavy atom. The van der Waals surface area contributed by atoms with Gasteiger partial charge in [0.2, 0.25) is 5.91 Å². The molecule has 1 aliphatic heterocycles. The molecule has 2 aliphatic rings. The zero-order valence-electron chi connectivity index (χ0n) is 19.9. The molecule has 0 saturated heterocycles. The highest BCUT2D eigenvalue weighted by Gasteiger charge is 2.48. The zero-order chi connectivity index (χ0) is 22.7. The molecule has 176 valence electrons. The molecule has 4 rings (SSSR count). The third-order valence-corrected chi connectivity index (χ3v) is 7.51. The Kier molecular flexibility index (Phi) is 6.93. The highest BCUT2D eigenvalue weighted by molar-refractivity contribution is 6.02. The number of carbonyl (C=O) groups excluding carboxylic acids is 2. The van der Waals surface area contributed by atoms with Gasteiger partial charge in [-0.3, -0.25) is 9.59 Å². The van der Waals surface area contributed by atoms with Crippen molar-refractivity contribution in [3.05, 3.63) is 24.1 Å². The molecule has 32 heavy (non-hydrogen) atoms. The predicted octanol–water partition coefficient (Wildman–Crippen LogP) is 4.02. The van der Waals surface area contributed by atoms with E-state index in [1.165, 1.54) is 19.3 Å². The van der Waals surface area contributed by atoms with Crippen molar-refractivity contribution in [1.82, 2.24) is 19.7 Å². The van der Waals surface area contributed by atoms with E-state index in [0.29, 0.717) is 24.4 Å². The molecule has 0 aromatic carbocycles. The molecule has 1 unspecified atom stereocenters. The average molecular weight is 443 g/mol. The summed E-state index contributed by atoms with van der Waals surface area (Å²) in [7, 11) is 0. The Morgan fingerprint density at radius 1 is 1.19 bits per heavy atom. The summed E-state index contributed by atoms with van der Waals surface area (Å²) in [5.74, 6) is -0.128. The van der Waals surface area contributed by atoms with Gasteiger partial charge < -0.3 is 24.1 Å². The van der Waals surface area contributed by atoms with Gasteiger partial charge in [-0.25, -0.2) is 0 Å². The van der Waals surface area contributed by atoms with Crippen LogP contribution in [0.5, 0.6) is 0 Å². The fraction of sp³-hybridized carbons (Fsp3) is 0.680. The first-order chi connectivity index (χ1) is 15.5. The number of hydrogen-bond acceptors (Lipinski definition) is 4. The largest absolute Gasteiger partial charge is 0.463 e. The van der Waals surface area contributed by atoms with Crippen LogP contribution in [-0.2, 0) is 11.3 Å². The van der Waals surface area contributed by atoms with E-state index in [-0.39, 0.29) is 17.9 Å². The number of carbonyl (C=O) groups is 2. The van der Waals surface area contributed by atoms with Crippen molar-refractivity contribution in [2.45, 2.75) is 83.8 Å².